The molecule has 5 nitrogen and oxygen atoms in total. The summed E-state index contributed by atoms with van der Waals surface area (Å²) in [6.45, 7) is 4.93. The molecule has 5 heteroatoms. The van der Waals surface area contributed by atoms with Crippen molar-refractivity contribution in [3.05, 3.63) is 35.4 Å². The SMILES string of the molecule is CCc1ccc(CC(=O)NC2CCN(CC(O)COC)CC2)cc1. The Labute approximate surface area is 145 Å². The Balaban J connectivity index is 1.69. The molecule has 2 N–H and O–H groups in total. The van der Waals surface area contributed by atoms with Crippen LogP contribution in [0.2, 0.25) is 0 Å². The molecule has 1 saturated heterocycles. The van der Waals surface area contributed by atoms with E-state index in [0.717, 1.165) is 37.9 Å². The molecule has 1 aliphatic rings. The molecule has 1 unspecified atom stereocenters. The van der Waals surface area contributed by atoms with Gasteiger partial charge in [0.15, 0.2) is 0 Å². The zero-order chi connectivity index (χ0) is 17.4. The summed E-state index contributed by atoms with van der Waals surface area (Å²) in [7, 11) is 1.60. The lowest BCUT2D eigenvalue weighted by atomic mass is 10.0. The van der Waals surface area contributed by atoms with E-state index in [4.69, 9.17) is 4.74 Å². The highest BCUT2D eigenvalue weighted by atomic mass is 16.5. The van der Waals surface area contributed by atoms with Gasteiger partial charge in [-0.05, 0) is 30.4 Å². The lowest BCUT2D eigenvalue weighted by Gasteiger charge is -2.33. The van der Waals surface area contributed by atoms with Crippen molar-refractivity contribution in [1.82, 2.24) is 10.2 Å². The van der Waals surface area contributed by atoms with E-state index in [2.05, 4.69) is 29.3 Å². The first-order valence-corrected chi connectivity index (χ1v) is 8.87. The van der Waals surface area contributed by atoms with E-state index in [-0.39, 0.29) is 11.9 Å². The third-order valence-electron chi connectivity index (χ3n) is 4.58. The average molecular weight is 334 g/mol. The van der Waals surface area contributed by atoms with Crippen molar-refractivity contribution in [1.29, 1.82) is 0 Å². The predicted molar refractivity (Wildman–Crippen MR) is 95.0 cm³/mol. The van der Waals surface area contributed by atoms with Gasteiger partial charge in [-0.25, -0.2) is 0 Å². The Morgan fingerprint density at radius 1 is 1.29 bits per heavy atom. The van der Waals surface area contributed by atoms with Crippen LogP contribution in [-0.4, -0.2) is 61.4 Å². The van der Waals surface area contributed by atoms with Crippen LogP contribution in [0.1, 0.15) is 30.9 Å². The predicted octanol–water partition coefficient (Wildman–Crippen LogP) is 1.38. The van der Waals surface area contributed by atoms with Crippen LogP contribution >= 0.6 is 0 Å². The summed E-state index contributed by atoms with van der Waals surface area (Å²) in [6, 6.07) is 8.50. The zero-order valence-corrected chi connectivity index (χ0v) is 14.8. The Morgan fingerprint density at radius 2 is 1.92 bits per heavy atom. The third-order valence-corrected chi connectivity index (χ3v) is 4.58. The van der Waals surface area contributed by atoms with Crippen molar-refractivity contribution in [2.24, 2.45) is 0 Å². The molecule has 0 bridgehead atoms. The summed E-state index contributed by atoms with van der Waals surface area (Å²) in [5, 5.41) is 12.9. The molecule has 0 spiro atoms. The number of aliphatic hydroxyl groups excluding tert-OH is 1. The molecular weight excluding hydrogens is 304 g/mol. The number of carbonyl (C=O) groups excluding carboxylic acids is 1. The Hall–Kier alpha value is -1.43. The number of ether oxygens (including phenoxy) is 1. The van der Waals surface area contributed by atoms with Gasteiger partial charge in [0.1, 0.15) is 0 Å². The number of β-amino-alcohol motifs (C(OH)–C–C–N with tert-alkyl or cyclic N) is 1. The standard InChI is InChI=1S/C19H30N2O3/c1-3-15-4-6-16(7-5-15)12-19(23)20-17-8-10-21(11-9-17)13-18(22)14-24-2/h4-7,17-18,22H,3,8-14H2,1-2H3,(H,20,23). The van der Waals surface area contributed by atoms with Crippen molar-refractivity contribution in [3.8, 4) is 0 Å². The second kappa shape index (κ2) is 9.77. The maximum atomic E-state index is 12.2. The molecule has 134 valence electrons. The van der Waals surface area contributed by atoms with E-state index in [9.17, 15) is 9.90 Å². The number of methoxy groups -OCH3 is 1. The van der Waals surface area contributed by atoms with Gasteiger partial charge >= 0.3 is 0 Å². The second-order valence-electron chi connectivity index (χ2n) is 6.60. The van der Waals surface area contributed by atoms with E-state index in [1.807, 2.05) is 12.1 Å². The van der Waals surface area contributed by atoms with Crippen LogP contribution in [0.3, 0.4) is 0 Å². The lowest BCUT2D eigenvalue weighted by molar-refractivity contribution is -0.121. The number of carbonyl (C=O) groups is 1. The molecule has 1 fully saturated rings. The van der Waals surface area contributed by atoms with E-state index >= 15 is 0 Å². The fraction of sp³-hybridized carbons (Fsp3) is 0.632. The maximum Gasteiger partial charge on any atom is 0.224 e. The highest BCUT2D eigenvalue weighted by molar-refractivity contribution is 5.78. The van der Waals surface area contributed by atoms with Crippen LogP contribution < -0.4 is 5.32 Å². The summed E-state index contributed by atoms with van der Waals surface area (Å²) >= 11 is 0. The molecule has 1 heterocycles. The van der Waals surface area contributed by atoms with Gasteiger partial charge in [-0.15, -0.1) is 0 Å². The van der Waals surface area contributed by atoms with Gasteiger partial charge in [0.2, 0.25) is 5.91 Å². The van der Waals surface area contributed by atoms with Crippen LogP contribution in [0.15, 0.2) is 24.3 Å². The topological polar surface area (TPSA) is 61.8 Å². The molecule has 0 radical (unpaired) electrons. The molecule has 24 heavy (non-hydrogen) atoms. The largest absolute Gasteiger partial charge is 0.389 e. The summed E-state index contributed by atoms with van der Waals surface area (Å²) < 4.78 is 4.96. The highest BCUT2D eigenvalue weighted by Gasteiger charge is 2.22. The minimum atomic E-state index is -0.438. The van der Waals surface area contributed by atoms with Gasteiger partial charge in [0.25, 0.3) is 0 Å². The van der Waals surface area contributed by atoms with Gasteiger partial charge in [0.05, 0.1) is 19.1 Å². The Kier molecular flexibility index (Phi) is 7.69. The smallest absolute Gasteiger partial charge is 0.224 e. The fourth-order valence-corrected chi connectivity index (χ4v) is 3.16. The number of rotatable bonds is 8. The molecule has 0 saturated carbocycles. The van der Waals surface area contributed by atoms with Crippen LogP contribution in [0.5, 0.6) is 0 Å². The first kappa shape index (κ1) is 18.9. The minimum Gasteiger partial charge on any atom is -0.389 e. The van der Waals surface area contributed by atoms with Gasteiger partial charge in [-0.3, -0.25) is 4.79 Å². The van der Waals surface area contributed by atoms with E-state index in [1.165, 1.54) is 5.56 Å². The van der Waals surface area contributed by atoms with Crippen LogP contribution in [0, 0.1) is 0 Å². The van der Waals surface area contributed by atoms with Crippen molar-refractivity contribution in [3.63, 3.8) is 0 Å². The van der Waals surface area contributed by atoms with Crippen molar-refractivity contribution in [2.45, 2.75) is 44.8 Å². The molecule has 1 aromatic carbocycles. The molecule has 1 aliphatic heterocycles. The van der Waals surface area contributed by atoms with E-state index in [1.54, 1.807) is 7.11 Å². The Morgan fingerprint density at radius 3 is 2.50 bits per heavy atom. The van der Waals surface area contributed by atoms with Crippen LogP contribution in [0.25, 0.3) is 0 Å². The third kappa shape index (κ3) is 6.23. The molecule has 1 amide bonds. The number of aliphatic hydroxyl groups is 1. The number of aryl methyl sites for hydroxylation is 1. The quantitative estimate of drug-likeness (QED) is 0.754. The Bertz CT molecular complexity index is 496. The molecule has 1 aromatic rings. The number of piperidine rings is 1. The summed E-state index contributed by atoms with van der Waals surface area (Å²) in [5.41, 5.74) is 2.35. The molecule has 0 aliphatic carbocycles. The van der Waals surface area contributed by atoms with Crippen molar-refractivity contribution in [2.75, 3.05) is 33.4 Å². The number of hydrogen-bond acceptors (Lipinski definition) is 4. The number of nitrogens with zero attached hydrogens (tertiary/aromatic N) is 1. The molecule has 1 atom stereocenters. The van der Waals surface area contributed by atoms with Crippen molar-refractivity contribution < 1.29 is 14.6 Å². The maximum absolute atomic E-state index is 12.2. The number of nitrogens with one attached hydrogen (secondary N) is 1. The highest BCUT2D eigenvalue weighted by Crippen LogP contribution is 2.12. The zero-order valence-electron chi connectivity index (χ0n) is 14.8. The number of likely N-dealkylation sites (tertiary alicyclic amines) is 1. The number of amides is 1. The molecular formula is C19H30N2O3. The normalized spacial score (nSPS) is 17.6. The van der Waals surface area contributed by atoms with Gasteiger partial charge < -0.3 is 20.1 Å². The number of hydrogen-bond donors (Lipinski definition) is 2. The fourth-order valence-electron chi connectivity index (χ4n) is 3.16. The first-order chi connectivity index (χ1) is 11.6. The van der Waals surface area contributed by atoms with Gasteiger partial charge in [-0.2, -0.15) is 0 Å². The van der Waals surface area contributed by atoms with Crippen LogP contribution in [0.4, 0.5) is 0 Å². The van der Waals surface area contributed by atoms with Gasteiger partial charge in [0, 0.05) is 32.8 Å². The summed E-state index contributed by atoms with van der Waals surface area (Å²) in [4.78, 5) is 14.4. The first-order valence-electron chi connectivity index (χ1n) is 8.87. The van der Waals surface area contributed by atoms with E-state index in [0.29, 0.717) is 19.6 Å². The summed E-state index contributed by atoms with van der Waals surface area (Å²) in [6.07, 6.45) is 2.88. The molecule has 2 rings (SSSR count). The lowest BCUT2D eigenvalue weighted by Crippen LogP contribution is -2.47. The number of benzene rings is 1. The van der Waals surface area contributed by atoms with Crippen LogP contribution in [-0.2, 0) is 22.4 Å². The summed E-state index contributed by atoms with van der Waals surface area (Å²) in [5.74, 6) is 0.0946. The molecule has 0 aromatic heterocycles. The monoisotopic (exact) mass is 334 g/mol. The van der Waals surface area contributed by atoms with E-state index < -0.39 is 6.10 Å². The van der Waals surface area contributed by atoms with Crippen molar-refractivity contribution >= 4 is 5.91 Å². The average Bonchev–Trinajstić information content (AvgIpc) is 2.57. The second-order valence-corrected chi connectivity index (χ2v) is 6.60. The van der Waals surface area contributed by atoms with Gasteiger partial charge in [-0.1, -0.05) is 31.2 Å². The minimum absolute atomic E-state index is 0.0946.